The van der Waals surface area contributed by atoms with Crippen LogP contribution in [0.1, 0.15) is 18.4 Å². The SMILES string of the molecule is Cc1ccc(S(=O)(=O)N2CCC([C@H](O)C(F)(F)F)CC2)cc1. The van der Waals surface area contributed by atoms with Crippen LogP contribution in [-0.2, 0) is 10.0 Å². The third-order valence-electron chi connectivity index (χ3n) is 3.94. The molecule has 1 aromatic rings. The number of aliphatic hydroxyl groups excluding tert-OH is 1. The van der Waals surface area contributed by atoms with Gasteiger partial charge in [-0.05, 0) is 37.8 Å². The Labute approximate surface area is 127 Å². The van der Waals surface area contributed by atoms with E-state index in [0.29, 0.717) is 0 Å². The van der Waals surface area contributed by atoms with Crippen LogP contribution in [0.15, 0.2) is 29.2 Å². The third-order valence-corrected chi connectivity index (χ3v) is 5.85. The number of sulfonamides is 1. The Morgan fingerprint density at radius 3 is 2.14 bits per heavy atom. The van der Waals surface area contributed by atoms with Gasteiger partial charge in [0.2, 0.25) is 10.0 Å². The zero-order chi connectivity index (χ0) is 16.5. The highest BCUT2D eigenvalue weighted by Crippen LogP contribution is 2.33. The van der Waals surface area contributed by atoms with Crippen LogP contribution in [-0.4, -0.2) is 43.2 Å². The van der Waals surface area contributed by atoms with Crippen LogP contribution in [0.2, 0.25) is 0 Å². The van der Waals surface area contributed by atoms with Crippen LogP contribution >= 0.6 is 0 Å². The Kier molecular flexibility index (Phi) is 4.84. The molecule has 0 aromatic heterocycles. The van der Waals surface area contributed by atoms with E-state index in [1.54, 1.807) is 12.1 Å². The van der Waals surface area contributed by atoms with E-state index in [0.717, 1.165) is 5.56 Å². The fourth-order valence-corrected chi connectivity index (χ4v) is 4.03. The van der Waals surface area contributed by atoms with Gasteiger partial charge in [0, 0.05) is 13.1 Å². The summed E-state index contributed by atoms with van der Waals surface area (Å²) < 4.78 is 63.5. The van der Waals surface area contributed by atoms with Crippen molar-refractivity contribution in [1.82, 2.24) is 4.31 Å². The summed E-state index contributed by atoms with van der Waals surface area (Å²) in [6, 6.07) is 6.32. The number of alkyl halides is 3. The van der Waals surface area contributed by atoms with Gasteiger partial charge in [-0.1, -0.05) is 17.7 Å². The van der Waals surface area contributed by atoms with Gasteiger partial charge >= 0.3 is 6.18 Å². The first kappa shape index (κ1) is 17.2. The van der Waals surface area contributed by atoms with Gasteiger partial charge in [-0.15, -0.1) is 0 Å². The minimum Gasteiger partial charge on any atom is -0.383 e. The molecule has 0 aliphatic carbocycles. The summed E-state index contributed by atoms with van der Waals surface area (Å²) in [5.74, 6) is -0.954. The molecule has 1 aliphatic heterocycles. The number of hydrogen-bond acceptors (Lipinski definition) is 3. The monoisotopic (exact) mass is 337 g/mol. The molecule has 0 bridgehead atoms. The average Bonchev–Trinajstić information content (AvgIpc) is 2.46. The van der Waals surface area contributed by atoms with Crippen molar-refractivity contribution >= 4 is 10.0 Å². The standard InChI is InChI=1S/C14H18F3NO3S/c1-10-2-4-12(5-3-10)22(20,21)18-8-6-11(7-9-18)13(19)14(15,16)17/h2-5,11,13,19H,6-9H2,1H3/t13-/m0/s1. The maximum absolute atomic E-state index is 12.5. The Hall–Kier alpha value is -1.12. The van der Waals surface area contributed by atoms with Crippen LogP contribution in [0, 0.1) is 12.8 Å². The highest BCUT2D eigenvalue weighted by Gasteiger charge is 2.45. The first-order valence-electron chi connectivity index (χ1n) is 6.94. The molecule has 2 rings (SSSR count). The third kappa shape index (κ3) is 3.61. The van der Waals surface area contributed by atoms with Gasteiger partial charge in [0.25, 0.3) is 0 Å². The lowest BCUT2D eigenvalue weighted by atomic mass is 9.92. The minimum absolute atomic E-state index is 0.00817. The number of aryl methyl sites for hydroxylation is 1. The van der Waals surface area contributed by atoms with Gasteiger partial charge in [0.05, 0.1) is 4.90 Å². The first-order chi connectivity index (χ1) is 10.1. The van der Waals surface area contributed by atoms with E-state index in [2.05, 4.69) is 0 Å². The number of rotatable bonds is 3. The smallest absolute Gasteiger partial charge is 0.383 e. The lowest BCUT2D eigenvalue weighted by molar-refractivity contribution is -0.222. The predicted octanol–water partition coefficient (Wildman–Crippen LogP) is 2.32. The van der Waals surface area contributed by atoms with E-state index in [4.69, 9.17) is 0 Å². The molecular formula is C14H18F3NO3S. The van der Waals surface area contributed by atoms with Crippen LogP contribution in [0.3, 0.4) is 0 Å². The van der Waals surface area contributed by atoms with Crippen molar-refractivity contribution in [1.29, 1.82) is 0 Å². The average molecular weight is 337 g/mol. The Morgan fingerprint density at radius 2 is 1.68 bits per heavy atom. The van der Waals surface area contributed by atoms with E-state index < -0.39 is 28.2 Å². The summed E-state index contributed by atoms with van der Waals surface area (Å²) in [4.78, 5) is 0.132. The van der Waals surface area contributed by atoms with Crippen molar-refractivity contribution in [2.24, 2.45) is 5.92 Å². The molecule has 8 heteroatoms. The van der Waals surface area contributed by atoms with Crippen LogP contribution in [0.5, 0.6) is 0 Å². The fourth-order valence-electron chi connectivity index (χ4n) is 2.56. The minimum atomic E-state index is -4.66. The van der Waals surface area contributed by atoms with Crippen molar-refractivity contribution in [2.45, 2.75) is 36.9 Å². The first-order valence-corrected chi connectivity index (χ1v) is 8.38. The lowest BCUT2D eigenvalue weighted by Crippen LogP contribution is -2.45. The molecule has 1 heterocycles. The van der Waals surface area contributed by atoms with Crippen LogP contribution in [0.4, 0.5) is 13.2 Å². The van der Waals surface area contributed by atoms with Gasteiger partial charge < -0.3 is 5.11 Å². The fraction of sp³-hybridized carbons (Fsp3) is 0.571. The van der Waals surface area contributed by atoms with Gasteiger partial charge in [0.15, 0.2) is 6.10 Å². The molecule has 0 amide bonds. The van der Waals surface area contributed by atoms with Crippen molar-refractivity contribution in [3.8, 4) is 0 Å². The molecule has 0 unspecified atom stereocenters. The molecular weight excluding hydrogens is 319 g/mol. The number of hydrogen-bond donors (Lipinski definition) is 1. The summed E-state index contributed by atoms with van der Waals surface area (Å²) in [5.41, 5.74) is 0.922. The van der Waals surface area contributed by atoms with E-state index in [-0.39, 0.29) is 30.8 Å². The number of piperidine rings is 1. The summed E-state index contributed by atoms with van der Waals surface area (Å²) in [6.45, 7) is 1.79. The molecule has 1 aliphatic rings. The topological polar surface area (TPSA) is 57.6 Å². The van der Waals surface area contributed by atoms with Crippen molar-refractivity contribution < 1.29 is 26.7 Å². The Morgan fingerprint density at radius 1 is 1.18 bits per heavy atom. The number of benzene rings is 1. The normalized spacial score (nSPS) is 20.0. The quantitative estimate of drug-likeness (QED) is 0.921. The van der Waals surface area contributed by atoms with E-state index in [1.807, 2.05) is 6.92 Å². The number of nitrogens with zero attached hydrogens (tertiary/aromatic N) is 1. The molecule has 1 fully saturated rings. The summed E-state index contributed by atoms with van der Waals surface area (Å²) in [7, 11) is -3.69. The summed E-state index contributed by atoms with van der Waals surface area (Å²) in [5, 5.41) is 9.25. The number of aliphatic hydroxyl groups is 1. The second-order valence-electron chi connectivity index (χ2n) is 5.54. The molecule has 1 aromatic carbocycles. The molecule has 1 saturated heterocycles. The summed E-state index contributed by atoms with van der Waals surface area (Å²) >= 11 is 0. The summed E-state index contributed by atoms with van der Waals surface area (Å²) in [6.07, 6.45) is -7.07. The largest absolute Gasteiger partial charge is 0.414 e. The zero-order valence-electron chi connectivity index (χ0n) is 12.0. The van der Waals surface area contributed by atoms with Gasteiger partial charge in [0.1, 0.15) is 0 Å². The molecule has 4 nitrogen and oxygen atoms in total. The van der Waals surface area contributed by atoms with Gasteiger partial charge in [-0.2, -0.15) is 17.5 Å². The van der Waals surface area contributed by atoms with Crippen LogP contribution in [0.25, 0.3) is 0 Å². The van der Waals surface area contributed by atoms with Crippen molar-refractivity contribution in [3.63, 3.8) is 0 Å². The highest BCUT2D eigenvalue weighted by atomic mass is 32.2. The lowest BCUT2D eigenvalue weighted by Gasteiger charge is -2.34. The van der Waals surface area contributed by atoms with E-state index in [1.165, 1.54) is 16.4 Å². The number of halogens is 3. The maximum Gasteiger partial charge on any atom is 0.414 e. The maximum atomic E-state index is 12.5. The van der Waals surface area contributed by atoms with Crippen LogP contribution < -0.4 is 0 Å². The molecule has 22 heavy (non-hydrogen) atoms. The molecule has 124 valence electrons. The van der Waals surface area contributed by atoms with E-state index >= 15 is 0 Å². The second-order valence-corrected chi connectivity index (χ2v) is 7.48. The van der Waals surface area contributed by atoms with Crippen molar-refractivity contribution in [2.75, 3.05) is 13.1 Å². The zero-order valence-corrected chi connectivity index (χ0v) is 12.9. The van der Waals surface area contributed by atoms with Gasteiger partial charge in [-0.25, -0.2) is 8.42 Å². The highest BCUT2D eigenvalue weighted by molar-refractivity contribution is 7.89. The van der Waals surface area contributed by atoms with E-state index in [9.17, 15) is 26.7 Å². The molecule has 1 atom stereocenters. The molecule has 0 spiro atoms. The van der Waals surface area contributed by atoms with Gasteiger partial charge in [-0.3, -0.25) is 0 Å². The molecule has 1 N–H and O–H groups in total. The Balaban J connectivity index is 2.06. The predicted molar refractivity (Wildman–Crippen MR) is 74.7 cm³/mol. The molecule has 0 saturated carbocycles. The second kappa shape index (κ2) is 6.17. The van der Waals surface area contributed by atoms with Crippen molar-refractivity contribution in [3.05, 3.63) is 29.8 Å². The Bertz CT molecular complexity index is 605. The molecule has 0 radical (unpaired) electrons.